The number of rotatable bonds is 12. The van der Waals surface area contributed by atoms with Crippen LogP contribution in [0.2, 0.25) is 5.04 Å². The van der Waals surface area contributed by atoms with Gasteiger partial charge in [-0.3, -0.25) is 0 Å². The number of carbonyl (C=O) groups is 1. The molecule has 0 aromatic heterocycles. The highest BCUT2D eigenvalue weighted by Gasteiger charge is 2.50. The first-order chi connectivity index (χ1) is 18.6. The summed E-state index contributed by atoms with van der Waals surface area (Å²) in [7, 11) is -2.62. The monoisotopic (exact) mass is 589 g/mol. The third-order valence-corrected chi connectivity index (χ3v) is 16.4. The van der Waals surface area contributed by atoms with Crippen LogP contribution in [0.3, 0.4) is 0 Å². The molecular formula is C30H44NO5PSSi. The summed E-state index contributed by atoms with van der Waals surface area (Å²) in [6.45, 7) is 11.2. The van der Waals surface area contributed by atoms with Crippen molar-refractivity contribution in [2.45, 2.75) is 58.5 Å². The Morgan fingerprint density at radius 1 is 0.974 bits per heavy atom. The van der Waals surface area contributed by atoms with Crippen molar-refractivity contribution in [3.63, 3.8) is 0 Å². The maximum absolute atomic E-state index is 12.5. The minimum atomic E-state index is -2.62. The third-order valence-electron chi connectivity index (χ3n) is 8.08. The van der Waals surface area contributed by atoms with Crippen molar-refractivity contribution in [2.24, 2.45) is 11.8 Å². The second kappa shape index (κ2) is 13.0. The van der Waals surface area contributed by atoms with Crippen molar-refractivity contribution in [3.05, 3.63) is 60.7 Å². The summed E-state index contributed by atoms with van der Waals surface area (Å²) in [5, 5.41) is 2.50. The molecular weight excluding hydrogens is 545 g/mol. The lowest BCUT2D eigenvalue weighted by molar-refractivity contribution is 0.102. The lowest BCUT2D eigenvalue weighted by Crippen LogP contribution is -2.66. The molecule has 0 saturated carbocycles. The average Bonchev–Trinajstić information content (AvgIpc) is 3.26. The normalized spacial score (nSPS) is 22.0. The number of hydrogen-bond donors (Lipinski definition) is 0. The molecule has 1 amide bonds. The molecule has 2 saturated heterocycles. The van der Waals surface area contributed by atoms with Crippen LogP contribution in [0.1, 0.15) is 47.5 Å². The van der Waals surface area contributed by atoms with Gasteiger partial charge in [0.1, 0.15) is 6.61 Å². The highest BCUT2D eigenvalue weighted by Crippen LogP contribution is 2.52. The second-order valence-electron chi connectivity index (χ2n) is 11.6. The fourth-order valence-electron chi connectivity index (χ4n) is 6.36. The summed E-state index contributed by atoms with van der Waals surface area (Å²) in [4.78, 5) is 14.3. The molecule has 214 valence electrons. The zero-order valence-electron chi connectivity index (χ0n) is 24.0. The first kappa shape index (κ1) is 30.4. The summed E-state index contributed by atoms with van der Waals surface area (Å²) < 4.78 is 24.7. The SMILES string of the molecule is CCOP(=S)(C[C@@H]1CN2C(=O)OC[C@@H]2C[C@@H]1CCO[Si](c1ccccc1)(c1ccccc1)C(C)(C)C)OCC. The van der Waals surface area contributed by atoms with Crippen LogP contribution in [0.4, 0.5) is 4.79 Å². The predicted octanol–water partition coefficient (Wildman–Crippen LogP) is 5.79. The fraction of sp³-hybridized carbons (Fsp3) is 0.567. The van der Waals surface area contributed by atoms with Crippen molar-refractivity contribution < 1.29 is 23.0 Å². The van der Waals surface area contributed by atoms with Gasteiger partial charge in [-0.2, -0.15) is 0 Å². The van der Waals surface area contributed by atoms with E-state index < -0.39 is 14.8 Å². The summed E-state index contributed by atoms with van der Waals surface area (Å²) in [6.07, 6.45) is 2.22. The van der Waals surface area contributed by atoms with E-state index in [9.17, 15) is 4.79 Å². The van der Waals surface area contributed by atoms with E-state index in [1.807, 2.05) is 18.7 Å². The second-order valence-corrected chi connectivity index (χ2v) is 19.6. The van der Waals surface area contributed by atoms with Crippen LogP contribution in [-0.4, -0.2) is 64.5 Å². The Balaban J connectivity index is 1.60. The topological polar surface area (TPSA) is 57.2 Å². The van der Waals surface area contributed by atoms with Crippen LogP contribution in [0, 0.1) is 11.8 Å². The van der Waals surface area contributed by atoms with E-state index in [-0.39, 0.29) is 23.1 Å². The van der Waals surface area contributed by atoms with Gasteiger partial charge in [-0.25, -0.2) is 4.79 Å². The maximum Gasteiger partial charge on any atom is 0.410 e. The molecule has 39 heavy (non-hydrogen) atoms. The molecule has 0 aliphatic carbocycles. The van der Waals surface area contributed by atoms with E-state index in [1.165, 1.54) is 10.4 Å². The zero-order valence-corrected chi connectivity index (χ0v) is 26.7. The van der Waals surface area contributed by atoms with Crippen molar-refractivity contribution in [2.75, 3.05) is 39.1 Å². The first-order valence-electron chi connectivity index (χ1n) is 14.2. The number of amides is 1. The predicted molar refractivity (Wildman–Crippen MR) is 164 cm³/mol. The minimum Gasteiger partial charge on any atom is -0.447 e. The van der Waals surface area contributed by atoms with Crippen LogP contribution in [0.25, 0.3) is 0 Å². The number of piperidine rings is 1. The van der Waals surface area contributed by atoms with Crippen molar-refractivity contribution in [3.8, 4) is 0 Å². The van der Waals surface area contributed by atoms with Gasteiger partial charge in [0, 0.05) is 19.3 Å². The van der Waals surface area contributed by atoms with Crippen LogP contribution in [0.15, 0.2) is 60.7 Å². The quantitative estimate of drug-likeness (QED) is 0.231. The first-order valence-corrected chi connectivity index (χ1v) is 18.9. The van der Waals surface area contributed by atoms with Crippen LogP contribution < -0.4 is 10.4 Å². The summed E-state index contributed by atoms with van der Waals surface area (Å²) in [5.74, 6) is 0.515. The van der Waals surface area contributed by atoms with Gasteiger partial charge in [0.25, 0.3) is 8.32 Å². The lowest BCUT2D eigenvalue weighted by atomic mass is 9.81. The molecule has 3 atom stereocenters. The number of nitrogens with zero attached hydrogens (tertiary/aromatic N) is 1. The molecule has 2 heterocycles. The highest BCUT2D eigenvalue weighted by molar-refractivity contribution is 8.09. The molecule has 2 aromatic carbocycles. The standard InChI is InChI=1S/C30H44NO5PSSi/c1-6-34-37(38,35-7-2)23-25-21-31-26(22-33-29(31)32)20-24(25)18-19-36-39(30(3,4)5,27-14-10-8-11-15-27)28-16-12-9-13-17-28/h8-17,24-26H,6-7,18-23H2,1-5H3/t24-,25-,26-/m0/s1. The van der Waals surface area contributed by atoms with Gasteiger partial charge in [0.15, 0.2) is 6.49 Å². The Labute approximate surface area is 240 Å². The molecule has 2 aliphatic heterocycles. The average molecular weight is 590 g/mol. The number of hydrogen-bond acceptors (Lipinski definition) is 6. The van der Waals surface area contributed by atoms with Gasteiger partial charge < -0.3 is 23.1 Å². The molecule has 2 aliphatic rings. The molecule has 2 aromatic rings. The maximum atomic E-state index is 12.5. The molecule has 0 unspecified atom stereocenters. The largest absolute Gasteiger partial charge is 0.447 e. The number of ether oxygens (including phenoxy) is 1. The minimum absolute atomic E-state index is 0.0740. The van der Waals surface area contributed by atoms with Gasteiger partial charge in [-0.1, -0.05) is 81.4 Å². The van der Waals surface area contributed by atoms with Crippen LogP contribution in [-0.2, 0) is 30.0 Å². The Kier molecular flexibility index (Phi) is 10.1. The van der Waals surface area contributed by atoms with E-state index in [1.54, 1.807) is 0 Å². The van der Waals surface area contributed by atoms with E-state index in [0.717, 1.165) is 12.8 Å². The summed E-state index contributed by atoms with van der Waals surface area (Å²) in [6, 6.07) is 21.6. The third kappa shape index (κ3) is 6.69. The molecule has 4 rings (SSSR count). The van der Waals surface area contributed by atoms with E-state index in [0.29, 0.717) is 45.1 Å². The van der Waals surface area contributed by atoms with E-state index in [4.69, 9.17) is 30.0 Å². The number of carbonyl (C=O) groups excluding carboxylic acids is 1. The molecule has 0 bridgehead atoms. The number of fused-ring (bicyclic) bond motifs is 1. The Morgan fingerprint density at radius 2 is 1.54 bits per heavy atom. The Morgan fingerprint density at radius 3 is 2.05 bits per heavy atom. The van der Waals surface area contributed by atoms with Crippen molar-refractivity contribution in [1.29, 1.82) is 0 Å². The van der Waals surface area contributed by atoms with Gasteiger partial charge in [0.05, 0.1) is 19.3 Å². The molecule has 9 heteroatoms. The Bertz CT molecular complexity index is 1080. The van der Waals surface area contributed by atoms with Gasteiger partial charge in [0.2, 0.25) is 0 Å². The highest BCUT2D eigenvalue weighted by atomic mass is 32.5. The van der Waals surface area contributed by atoms with Crippen molar-refractivity contribution in [1.82, 2.24) is 4.90 Å². The summed E-state index contributed by atoms with van der Waals surface area (Å²) >= 11 is 5.94. The van der Waals surface area contributed by atoms with E-state index >= 15 is 0 Å². The van der Waals surface area contributed by atoms with Gasteiger partial charge >= 0.3 is 6.09 Å². The molecule has 0 radical (unpaired) electrons. The van der Waals surface area contributed by atoms with E-state index in [2.05, 4.69) is 81.4 Å². The molecule has 2 fully saturated rings. The number of benzene rings is 2. The lowest BCUT2D eigenvalue weighted by Gasteiger charge is -2.44. The fourth-order valence-corrected chi connectivity index (χ4v) is 14.2. The molecule has 6 nitrogen and oxygen atoms in total. The van der Waals surface area contributed by atoms with Crippen molar-refractivity contribution >= 4 is 43.1 Å². The molecule has 0 spiro atoms. The zero-order chi connectivity index (χ0) is 28.1. The Hall–Kier alpha value is -1.54. The number of cyclic esters (lactones) is 1. The molecule has 0 N–H and O–H groups in total. The smallest absolute Gasteiger partial charge is 0.410 e. The van der Waals surface area contributed by atoms with Gasteiger partial charge in [-0.15, -0.1) is 0 Å². The van der Waals surface area contributed by atoms with Crippen LogP contribution >= 0.6 is 6.49 Å². The van der Waals surface area contributed by atoms with Crippen LogP contribution in [0.5, 0.6) is 0 Å². The van der Waals surface area contributed by atoms with Gasteiger partial charge in [-0.05, 0) is 65.7 Å². The summed E-state index contributed by atoms with van der Waals surface area (Å²) in [5.41, 5.74) is 0.